The number of nitrogens with zero attached hydrogens (tertiary/aromatic N) is 3. The zero-order valence-electron chi connectivity index (χ0n) is 16.6. The summed E-state index contributed by atoms with van der Waals surface area (Å²) in [5.74, 6) is 0.817. The smallest absolute Gasteiger partial charge is 0.222 e. The van der Waals surface area contributed by atoms with Gasteiger partial charge in [-0.15, -0.1) is 0 Å². The van der Waals surface area contributed by atoms with Crippen LogP contribution in [0.1, 0.15) is 37.2 Å². The standard InChI is InChI=1S/C22H25ClN4OS/c1-16(2)27(13-12-21(28)24-15-18-6-4-3-5-7-18)22-25-20(26-29-22)14-17-8-10-19(23)11-9-17/h3-11,16H,12-15H2,1-2H3,(H,24,28). The van der Waals surface area contributed by atoms with E-state index < -0.39 is 0 Å². The van der Waals surface area contributed by atoms with Crippen molar-refractivity contribution >= 4 is 34.2 Å². The molecule has 0 saturated heterocycles. The van der Waals surface area contributed by atoms with E-state index in [-0.39, 0.29) is 11.9 Å². The molecule has 3 rings (SSSR count). The highest BCUT2D eigenvalue weighted by Crippen LogP contribution is 2.22. The van der Waals surface area contributed by atoms with Crippen LogP contribution in [0.3, 0.4) is 0 Å². The third kappa shape index (κ3) is 6.54. The number of amides is 1. The fraction of sp³-hybridized carbons (Fsp3) is 0.318. The molecule has 0 aliphatic rings. The number of hydrogen-bond donors (Lipinski definition) is 1. The summed E-state index contributed by atoms with van der Waals surface area (Å²) in [7, 11) is 0. The van der Waals surface area contributed by atoms with Crippen molar-refractivity contribution < 1.29 is 4.79 Å². The van der Waals surface area contributed by atoms with Gasteiger partial charge in [-0.1, -0.05) is 54.1 Å². The molecule has 7 heteroatoms. The van der Waals surface area contributed by atoms with Gasteiger partial charge in [-0.25, -0.2) is 4.98 Å². The van der Waals surface area contributed by atoms with Gasteiger partial charge in [-0.05, 0) is 37.1 Å². The topological polar surface area (TPSA) is 58.1 Å². The molecule has 1 aromatic heterocycles. The molecule has 0 unspecified atom stereocenters. The third-order valence-electron chi connectivity index (χ3n) is 4.51. The summed E-state index contributed by atoms with van der Waals surface area (Å²) in [6.07, 6.45) is 1.08. The van der Waals surface area contributed by atoms with Gasteiger partial charge in [-0.2, -0.15) is 4.37 Å². The summed E-state index contributed by atoms with van der Waals surface area (Å²) in [6.45, 7) is 5.35. The first-order chi connectivity index (χ1) is 14.0. The predicted molar refractivity (Wildman–Crippen MR) is 120 cm³/mol. The predicted octanol–water partition coefficient (Wildman–Crippen LogP) is 4.70. The lowest BCUT2D eigenvalue weighted by Crippen LogP contribution is -2.35. The maximum atomic E-state index is 12.3. The zero-order valence-corrected chi connectivity index (χ0v) is 18.2. The summed E-state index contributed by atoms with van der Waals surface area (Å²) in [4.78, 5) is 19.1. The Kier molecular flexibility index (Phi) is 7.61. The van der Waals surface area contributed by atoms with Crippen LogP contribution in [0.15, 0.2) is 54.6 Å². The van der Waals surface area contributed by atoms with Gasteiger partial charge in [0.05, 0.1) is 0 Å². The Morgan fingerprint density at radius 3 is 2.52 bits per heavy atom. The Labute approximate surface area is 180 Å². The number of aromatic nitrogens is 2. The van der Waals surface area contributed by atoms with Crippen LogP contribution in [0.25, 0.3) is 0 Å². The van der Waals surface area contributed by atoms with Crippen molar-refractivity contribution in [3.63, 3.8) is 0 Å². The Morgan fingerprint density at radius 1 is 1.10 bits per heavy atom. The van der Waals surface area contributed by atoms with Crippen molar-refractivity contribution in [3.8, 4) is 0 Å². The molecule has 0 aliphatic heterocycles. The normalized spacial score (nSPS) is 10.9. The Hall–Kier alpha value is -2.44. The van der Waals surface area contributed by atoms with Crippen molar-refractivity contribution in [1.82, 2.24) is 14.7 Å². The number of hydrogen-bond acceptors (Lipinski definition) is 5. The second-order valence-electron chi connectivity index (χ2n) is 7.10. The van der Waals surface area contributed by atoms with E-state index in [1.54, 1.807) is 0 Å². The van der Waals surface area contributed by atoms with Gasteiger partial charge in [0, 0.05) is 48.5 Å². The summed E-state index contributed by atoms with van der Waals surface area (Å²) in [5, 5.41) is 4.54. The molecule has 1 amide bonds. The number of rotatable bonds is 9. The third-order valence-corrected chi connectivity index (χ3v) is 5.56. The van der Waals surface area contributed by atoms with Crippen LogP contribution < -0.4 is 10.2 Å². The molecule has 3 aromatic rings. The van der Waals surface area contributed by atoms with Crippen LogP contribution in [0, 0.1) is 0 Å². The fourth-order valence-electron chi connectivity index (χ4n) is 2.90. The molecule has 0 saturated carbocycles. The molecular weight excluding hydrogens is 404 g/mol. The number of nitrogens with one attached hydrogen (secondary N) is 1. The zero-order chi connectivity index (χ0) is 20.6. The molecule has 0 bridgehead atoms. The van der Waals surface area contributed by atoms with Crippen molar-refractivity contribution in [3.05, 3.63) is 76.6 Å². The van der Waals surface area contributed by atoms with E-state index in [1.165, 1.54) is 11.5 Å². The van der Waals surface area contributed by atoms with Crippen molar-refractivity contribution in [2.45, 2.75) is 39.3 Å². The van der Waals surface area contributed by atoms with Crippen LogP contribution in [-0.2, 0) is 17.8 Å². The molecule has 0 fully saturated rings. The van der Waals surface area contributed by atoms with Gasteiger partial charge < -0.3 is 10.2 Å². The summed E-state index contributed by atoms with van der Waals surface area (Å²) >= 11 is 7.32. The number of carbonyl (C=O) groups excluding carboxylic acids is 1. The molecule has 29 heavy (non-hydrogen) atoms. The van der Waals surface area contributed by atoms with E-state index in [9.17, 15) is 4.79 Å². The van der Waals surface area contributed by atoms with Crippen LogP contribution in [0.2, 0.25) is 5.02 Å². The largest absolute Gasteiger partial charge is 0.352 e. The lowest BCUT2D eigenvalue weighted by Gasteiger charge is -2.25. The van der Waals surface area contributed by atoms with E-state index in [4.69, 9.17) is 11.6 Å². The monoisotopic (exact) mass is 428 g/mol. The molecular formula is C22H25ClN4OS. The van der Waals surface area contributed by atoms with E-state index in [0.717, 1.165) is 27.1 Å². The highest BCUT2D eigenvalue weighted by Gasteiger charge is 2.17. The van der Waals surface area contributed by atoms with Gasteiger partial charge in [-0.3, -0.25) is 4.79 Å². The number of anilines is 1. The Balaban J connectivity index is 1.54. The first-order valence-electron chi connectivity index (χ1n) is 9.65. The van der Waals surface area contributed by atoms with E-state index >= 15 is 0 Å². The molecule has 1 N–H and O–H groups in total. The van der Waals surface area contributed by atoms with Crippen LogP contribution in [-0.4, -0.2) is 27.9 Å². The molecule has 0 aliphatic carbocycles. The molecule has 0 atom stereocenters. The second kappa shape index (κ2) is 10.4. The molecule has 0 spiro atoms. The van der Waals surface area contributed by atoms with E-state index in [2.05, 4.69) is 33.4 Å². The van der Waals surface area contributed by atoms with Crippen molar-refractivity contribution in [2.24, 2.45) is 0 Å². The minimum atomic E-state index is 0.0328. The first kappa shape index (κ1) is 21.3. The van der Waals surface area contributed by atoms with Gasteiger partial charge in [0.1, 0.15) is 5.82 Å². The number of benzene rings is 2. The van der Waals surface area contributed by atoms with Crippen LogP contribution in [0.4, 0.5) is 5.13 Å². The maximum Gasteiger partial charge on any atom is 0.222 e. The van der Waals surface area contributed by atoms with Gasteiger partial charge >= 0.3 is 0 Å². The van der Waals surface area contributed by atoms with Crippen molar-refractivity contribution in [2.75, 3.05) is 11.4 Å². The highest BCUT2D eigenvalue weighted by molar-refractivity contribution is 7.09. The SMILES string of the molecule is CC(C)N(CCC(=O)NCc1ccccc1)c1nc(Cc2ccc(Cl)cc2)ns1. The second-order valence-corrected chi connectivity index (χ2v) is 8.26. The number of carbonyl (C=O) groups is 1. The molecule has 0 radical (unpaired) electrons. The lowest BCUT2D eigenvalue weighted by atomic mass is 10.1. The molecule has 1 heterocycles. The number of halogens is 1. The maximum absolute atomic E-state index is 12.3. The minimum absolute atomic E-state index is 0.0328. The van der Waals surface area contributed by atoms with Crippen LogP contribution >= 0.6 is 23.1 Å². The molecule has 5 nitrogen and oxygen atoms in total. The van der Waals surface area contributed by atoms with Gasteiger partial charge in [0.2, 0.25) is 11.0 Å². The van der Waals surface area contributed by atoms with Crippen molar-refractivity contribution in [1.29, 1.82) is 0 Å². The van der Waals surface area contributed by atoms with Gasteiger partial charge in [0.25, 0.3) is 0 Å². The Morgan fingerprint density at radius 2 is 1.83 bits per heavy atom. The lowest BCUT2D eigenvalue weighted by molar-refractivity contribution is -0.121. The highest BCUT2D eigenvalue weighted by atomic mass is 35.5. The summed E-state index contributed by atoms with van der Waals surface area (Å²) in [5.41, 5.74) is 2.22. The summed E-state index contributed by atoms with van der Waals surface area (Å²) in [6, 6.07) is 17.9. The first-order valence-corrected chi connectivity index (χ1v) is 10.8. The minimum Gasteiger partial charge on any atom is -0.352 e. The fourth-order valence-corrected chi connectivity index (χ4v) is 3.87. The summed E-state index contributed by atoms with van der Waals surface area (Å²) < 4.78 is 4.50. The van der Waals surface area contributed by atoms with Crippen LogP contribution in [0.5, 0.6) is 0 Å². The molecule has 152 valence electrons. The Bertz CT molecular complexity index is 912. The quantitative estimate of drug-likeness (QED) is 0.536. The van der Waals surface area contributed by atoms with E-state index in [1.807, 2.05) is 54.6 Å². The van der Waals surface area contributed by atoms with Gasteiger partial charge in [0.15, 0.2) is 0 Å². The molecule has 2 aromatic carbocycles. The average molecular weight is 429 g/mol. The van der Waals surface area contributed by atoms with E-state index in [0.29, 0.717) is 25.9 Å². The average Bonchev–Trinajstić information content (AvgIpc) is 3.17.